The van der Waals surface area contributed by atoms with Crippen LogP contribution in [0, 0.1) is 28.6 Å². The number of hydrogen-bond donors (Lipinski definition) is 4. The van der Waals surface area contributed by atoms with Gasteiger partial charge in [-0.2, -0.15) is 0 Å². The summed E-state index contributed by atoms with van der Waals surface area (Å²) in [5.41, 5.74) is 27.8. The van der Waals surface area contributed by atoms with Gasteiger partial charge in [0, 0.05) is 22.0 Å². The number of rotatable bonds is 4. The van der Waals surface area contributed by atoms with Crippen molar-refractivity contribution in [3.05, 3.63) is 0 Å². The van der Waals surface area contributed by atoms with Gasteiger partial charge in [0.05, 0.1) is 0 Å². The molecule has 0 aliphatic heterocycles. The van der Waals surface area contributed by atoms with Crippen LogP contribution in [-0.2, 0) is 0 Å². The van der Waals surface area contributed by atoms with Gasteiger partial charge in [0.25, 0.3) is 0 Å². The lowest BCUT2D eigenvalue weighted by molar-refractivity contribution is -0.175. The normalized spacial score (nSPS) is 56.0. The van der Waals surface area contributed by atoms with E-state index >= 15 is 0 Å². The zero-order valence-electron chi connectivity index (χ0n) is 18.7. The first-order chi connectivity index (χ1) is 13.1. The minimum absolute atomic E-state index is 0.0530. The van der Waals surface area contributed by atoms with Gasteiger partial charge in [0.15, 0.2) is 0 Å². The van der Waals surface area contributed by atoms with Gasteiger partial charge in [0.1, 0.15) is 0 Å². The van der Waals surface area contributed by atoms with Crippen LogP contribution in [0.15, 0.2) is 0 Å². The Balaban J connectivity index is 1.77. The van der Waals surface area contributed by atoms with Crippen LogP contribution in [0.3, 0.4) is 0 Å². The van der Waals surface area contributed by atoms with E-state index in [4.69, 9.17) is 22.9 Å². The molecule has 4 nitrogen and oxygen atoms in total. The molecule has 0 spiro atoms. The Morgan fingerprint density at radius 3 is 2.25 bits per heavy atom. The third-order valence-electron chi connectivity index (χ3n) is 11.1. The van der Waals surface area contributed by atoms with E-state index in [9.17, 15) is 0 Å². The maximum Gasteiger partial charge on any atom is 0.0412 e. The predicted molar refractivity (Wildman–Crippen MR) is 118 cm³/mol. The van der Waals surface area contributed by atoms with Crippen molar-refractivity contribution >= 4 is 0 Å². The van der Waals surface area contributed by atoms with Crippen LogP contribution in [0.4, 0.5) is 0 Å². The largest absolute Gasteiger partial charge is 0.330 e. The van der Waals surface area contributed by atoms with Crippen LogP contribution in [-0.4, -0.2) is 23.2 Å². The molecule has 0 aromatic heterocycles. The SMILES string of the molecule is CC[C@H]1CC2(N)C3CCC(CCCN)C3(C)CC[C@]2(N)C2(C)CCCCC12N. The van der Waals surface area contributed by atoms with Gasteiger partial charge in [-0.25, -0.2) is 0 Å². The summed E-state index contributed by atoms with van der Waals surface area (Å²) in [7, 11) is 0. The molecule has 8 N–H and O–H groups in total. The van der Waals surface area contributed by atoms with Gasteiger partial charge in [-0.05, 0) is 87.5 Å². The Morgan fingerprint density at radius 2 is 1.57 bits per heavy atom. The highest BCUT2D eigenvalue weighted by molar-refractivity contribution is 5.33. The van der Waals surface area contributed by atoms with Crippen LogP contribution in [0.1, 0.15) is 97.8 Å². The fourth-order valence-corrected chi connectivity index (χ4v) is 9.29. The molecule has 6 unspecified atom stereocenters. The van der Waals surface area contributed by atoms with E-state index in [1.54, 1.807) is 0 Å². The zero-order valence-corrected chi connectivity index (χ0v) is 18.7. The maximum absolute atomic E-state index is 7.57. The minimum Gasteiger partial charge on any atom is -0.330 e. The second kappa shape index (κ2) is 6.67. The molecule has 0 heterocycles. The standard InChI is InChI=1S/C24H46N4/c1-4-17-16-23(27)19-10-9-18(8-7-15-25)20(19,2)13-14-24(23,28)21(3)11-5-6-12-22(17,21)26/h17-19H,4-16,25-28H2,1-3H3/t17-,18?,19?,20?,21?,22?,23?,24-/m0/s1. The molecule has 0 aromatic rings. The molecule has 0 radical (unpaired) electrons. The van der Waals surface area contributed by atoms with Gasteiger partial charge in [0.2, 0.25) is 0 Å². The fourth-order valence-electron chi connectivity index (χ4n) is 9.29. The van der Waals surface area contributed by atoms with E-state index in [1.165, 1.54) is 38.5 Å². The summed E-state index contributed by atoms with van der Waals surface area (Å²) in [6, 6.07) is 0. The van der Waals surface area contributed by atoms with Crippen LogP contribution in [0.2, 0.25) is 0 Å². The predicted octanol–water partition coefficient (Wildman–Crippen LogP) is 3.65. The van der Waals surface area contributed by atoms with Gasteiger partial charge < -0.3 is 22.9 Å². The molecule has 0 aromatic carbocycles. The Morgan fingerprint density at radius 1 is 0.857 bits per heavy atom. The molecule has 0 saturated heterocycles. The molecule has 4 heteroatoms. The Bertz CT molecular complexity index is 609. The van der Waals surface area contributed by atoms with Crippen molar-refractivity contribution in [3.63, 3.8) is 0 Å². The van der Waals surface area contributed by atoms with Crippen molar-refractivity contribution in [3.8, 4) is 0 Å². The van der Waals surface area contributed by atoms with Crippen LogP contribution >= 0.6 is 0 Å². The average molecular weight is 391 g/mol. The van der Waals surface area contributed by atoms with E-state index in [0.29, 0.717) is 17.3 Å². The third kappa shape index (κ3) is 2.32. The molecule has 162 valence electrons. The van der Waals surface area contributed by atoms with Gasteiger partial charge in [-0.1, -0.05) is 40.0 Å². The Labute approximate surface area is 172 Å². The Hall–Kier alpha value is -0.160. The van der Waals surface area contributed by atoms with Crippen molar-refractivity contribution in [2.75, 3.05) is 6.54 Å². The third-order valence-corrected chi connectivity index (χ3v) is 11.1. The van der Waals surface area contributed by atoms with E-state index in [1.807, 2.05) is 0 Å². The first kappa shape index (κ1) is 21.1. The first-order valence-corrected chi connectivity index (χ1v) is 12.2. The second-order valence-electron chi connectivity index (χ2n) is 11.7. The molecular weight excluding hydrogens is 344 g/mol. The lowest BCUT2D eigenvalue weighted by atomic mass is 9.35. The molecule has 0 bridgehead atoms. The number of nitrogens with two attached hydrogens (primary N) is 4. The highest BCUT2D eigenvalue weighted by atomic mass is 15.1. The van der Waals surface area contributed by atoms with Crippen molar-refractivity contribution in [1.82, 2.24) is 0 Å². The summed E-state index contributed by atoms with van der Waals surface area (Å²) >= 11 is 0. The summed E-state index contributed by atoms with van der Waals surface area (Å²) in [4.78, 5) is 0. The van der Waals surface area contributed by atoms with Crippen molar-refractivity contribution < 1.29 is 0 Å². The molecule has 4 fully saturated rings. The maximum atomic E-state index is 7.57. The lowest BCUT2D eigenvalue weighted by Gasteiger charge is -2.75. The molecule has 4 aliphatic rings. The summed E-state index contributed by atoms with van der Waals surface area (Å²) in [6.45, 7) is 8.09. The molecule has 28 heavy (non-hydrogen) atoms. The van der Waals surface area contributed by atoms with Crippen molar-refractivity contribution in [2.24, 2.45) is 51.5 Å². The lowest BCUT2D eigenvalue weighted by Crippen LogP contribution is -2.88. The van der Waals surface area contributed by atoms with Gasteiger partial charge >= 0.3 is 0 Å². The molecule has 4 aliphatic carbocycles. The van der Waals surface area contributed by atoms with E-state index < -0.39 is 0 Å². The summed E-state index contributed by atoms with van der Waals surface area (Å²) < 4.78 is 0. The molecule has 8 atom stereocenters. The second-order valence-corrected chi connectivity index (χ2v) is 11.7. The molecular formula is C24H46N4. The first-order valence-electron chi connectivity index (χ1n) is 12.2. The monoisotopic (exact) mass is 390 g/mol. The Kier molecular flexibility index (Phi) is 5.02. The average Bonchev–Trinajstić information content (AvgIpc) is 3.01. The molecule has 0 amide bonds. The fraction of sp³-hybridized carbons (Fsp3) is 1.00. The minimum atomic E-state index is -0.340. The van der Waals surface area contributed by atoms with Crippen LogP contribution < -0.4 is 22.9 Å². The van der Waals surface area contributed by atoms with E-state index in [0.717, 1.165) is 51.0 Å². The molecule has 4 saturated carbocycles. The van der Waals surface area contributed by atoms with Crippen LogP contribution in [0.5, 0.6) is 0 Å². The molecule has 4 rings (SSSR count). The van der Waals surface area contributed by atoms with Gasteiger partial charge in [-0.15, -0.1) is 0 Å². The van der Waals surface area contributed by atoms with Crippen molar-refractivity contribution in [1.29, 1.82) is 0 Å². The smallest absolute Gasteiger partial charge is 0.0412 e. The number of fused-ring (bicyclic) bond motifs is 5. The van der Waals surface area contributed by atoms with E-state index in [2.05, 4.69) is 20.8 Å². The summed E-state index contributed by atoms with van der Waals surface area (Å²) in [6.07, 6.45) is 14.1. The topological polar surface area (TPSA) is 104 Å². The highest BCUT2D eigenvalue weighted by Crippen LogP contribution is 2.71. The highest BCUT2D eigenvalue weighted by Gasteiger charge is 2.75. The number of hydrogen-bond acceptors (Lipinski definition) is 4. The van der Waals surface area contributed by atoms with Crippen LogP contribution in [0.25, 0.3) is 0 Å². The zero-order chi connectivity index (χ0) is 20.4. The van der Waals surface area contributed by atoms with Gasteiger partial charge in [-0.3, -0.25) is 0 Å². The quantitative estimate of drug-likeness (QED) is 0.588. The summed E-state index contributed by atoms with van der Waals surface area (Å²) in [5.74, 6) is 1.78. The van der Waals surface area contributed by atoms with Crippen molar-refractivity contribution in [2.45, 2.75) is 114 Å². The summed E-state index contributed by atoms with van der Waals surface area (Å²) in [5, 5.41) is 0. The van der Waals surface area contributed by atoms with E-state index in [-0.39, 0.29) is 22.0 Å².